The molecule has 1 saturated heterocycles. The molecule has 31 heavy (non-hydrogen) atoms. The van der Waals surface area contributed by atoms with Gasteiger partial charge in [0.2, 0.25) is 17.8 Å². The normalized spacial score (nSPS) is 14.7. The van der Waals surface area contributed by atoms with Crippen molar-refractivity contribution in [3.8, 4) is 0 Å². The molecule has 9 heteroatoms. The van der Waals surface area contributed by atoms with Crippen molar-refractivity contribution < 1.29 is 4.42 Å². The lowest BCUT2D eigenvalue weighted by Gasteiger charge is -2.32. The second-order valence-electron chi connectivity index (χ2n) is 7.52. The highest BCUT2D eigenvalue weighted by molar-refractivity contribution is 5.74. The number of fused-ring (bicyclic) bond motifs is 1. The van der Waals surface area contributed by atoms with E-state index in [2.05, 4.69) is 59.5 Å². The van der Waals surface area contributed by atoms with Crippen molar-refractivity contribution >= 4 is 35.0 Å². The fraction of sp³-hybridized carbons (Fsp3) is 0.273. The molecule has 2 N–H and O–H groups in total. The molecule has 0 unspecified atom stereocenters. The van der Waals surface area contributed by atoms with Crippen LogP contribution >= 0.6 is 0 Å². The van der Waals surface area contributed by atoms with Crippen LogP contribution in [0.25, 0.3) is 11.1 Å². The second-order valence-corrected chi connectivity index (χ2v) is 7.52. The molecule has 2 aromatic carbocycles. The van der Waals surface area contributed by atoms with Crippen molar-refractivity contribution in [3.63, 3.8) is 0 Å². The summed E-state index contributed by atoms with van der Waals surface area (Å²) >= 11 is 0. The Kier molecular flexibility index (Phi) is 5.32. The molecular weight excluding hydrogens is 392 g/mol. The molecule has 1 aliphatic rings. The van der Waals surface area contributed by atoms with E-state index in [1.165, 1.54) is 0 Å². The number of nitrogens with zero attached hydrogens (tertiary/aromatic N) is 6. The van der Waals surface area contributed by atoms with Gasteiger partial charge in [0.15, 0.2) is 5.58 Å². The summed E-state index contributed by atoms with van der Waals surface area (Å²) in [4.78, 5) is 22.8. The van der Waals surface area contributed by atoms with Crippen LogP contribution in [-0.4, -0.2) is 58.1 Å². The standard InChI is InChI=1S/C22H24N8O/c1-29-11-13-30(14-12-29)21-26-19(23-15-16-7-3-2-4-8-16)25-20(27-21)28-22-24-17-9-5-6-10-18(17)31-22/h2-10H,11-15H2,1H3,(H2,23,24,25,26,27,28). The smallest absolute Gasteiger partial charge is 0.302 e. The van der Waals surface area contributed by atoms with Gasteiger partial charge in [-0.05, 0) is 24.7 Å². The molecule has 2 aromatic heterocycles. The van der Waals surface area contributed by atoms with E-state index in [-0.39, 0.29) is 0 Å². The van der Waals surface area contributed by atoms with Crippen LogP contribution in [0.3, 0.4) is 0 Å². The van der Waals surface area contributed by atoms with E-state index in [1.54, 1.807) is 0 Å². The van der Waals surface area contributed by atoms with Gasteiger partial charge in [0.25, 0.3) is 0 Å². The average molecular weight is 416 g/mol. The van der Waals surface area contributed by atoms with Crippen LogP contribution in [0.5, 0.6) is 0 Å². The summed E-state index contributed by atoms with van der Waals surface area (Å²) in [6.07, 6.45) is 0. The first-order valence-corrected chi connectivity index (χ1v) is 10.3. The summed E-state index contributed by atoms with van der Waals surface area (Å²) in [5.41, 5.74) is 2.64. The third-order valence-electron chi connectivity index (χ3n) is 5.22. The Morgan fingerprint density at radius 1 is 0.839 bits per heavy atom. The zero-order valence-corrected chi connectivity index (χ0v) is 17.3. The average Bonchev–Trinajstić information content (AvgIpc) is 3.21. The summed E-state index contributed by atoms with van der Waals surface area (Å²) in [5, 5.41) is 6.41. The monoisotopic (exact) mass is 416 g/mol. The van der Waals surface area contributed by atoms with Crippen LogP contribution in [0.15, 0.2) is 59.0 Å². The maximum Gasteiger partial charge on any atom is 0.302 e. The third-order valence-corrected chi connectivity index (χ3v) is 5.22. The Balaban J connectivity index is 1.41. The topological polar surface area (TPSA) is 95.2 Å². The lowest BCUT2D eigenvalue weighted by atomic mass is 10.2. The first kappa shape index (κ1) is 19.3. The van der Waals surface area contributed by atoms with E-state index in [1.807, 2.05) is 42.5 Å². The van der Waals surface area contributed by atoms with Crippen LogP contribution in [0, 0.1) is 0 Å². The van der Waals surface area contributed by atoms with Gasteiger partial charge >= 0.3 is 6.01 Å². The van der Waals surface area contributed by atoms with Crippen molar-refractivity contribution in [1.29, 1.82) is 0 Å². The van der Waals surface area contributed by atoms with Crippen molar-refractivity contribution in [1.82, 2.24) is 24.8 Å². The maximum absolute atomic E-state index is 5.78. The first-order valence-electron chi connectivity index (χ1n) is 10.3. The molecule has 0 radical (unpaired) electrons. The minimum atomic E-state index is 0.353. The SMILES string of the molecule is CN1CCN(c2nc(NCc3ccccc3)nc(Nc3nc4ccccc4o3)n2)CC1. The molecule has 3 heterocycles. The Hall–Kier alpha value is -3.72. The predicted octanol–water partition coefficient (Wildman–Crippen LogP) is 3.12. The number of nitrogens with one attached hydrogen (secondary N) is 2. The highest BCUT2D eigenvalue weighted by Crippen LogP contribution is 2.22. The number of rotatable bonds is 6. The van der Waals surface area contributed by atoms with Crippen LogP contribution in [0.1, 0.15) is 5.56 Å². The highest BCUT2D eigenvalue weighted by Gasteiger charge is 2.19. The van der Waals surface area contributed by atoms with Gasteiger partial charge in [-0.2, -0.15) is 19.9 Å². The lowest BCUT2D eigenvalue weighted by Crippen LogP contribution is -2.45. The van der Waals surface area contributed by atoms with Gasteiger partial charge in [-0.1, -0.05) is 42.5 Å². The van der Waals surface area contributed by atoms with Gasteiger partial charge in [0.05, 0.1) is 0 Å². The maximum atomic E-state index is 5.78. The van der Waals surface area contributed by atoms with E-state index in [0.29, 0.717) is 36.0 Å². The molecule has 1 aliphatic heterocycles. The summed E-state index contributed by atoms with van der Waals surface area (Å²) in [5.74, 6) is 1.54. The van der Waals surface area contributed by atoms with Crippen LogP contribution in [0.4, 0.5) is 23.9 Å². The van der Waals surface area contributed by atoms with Gasteiger partial charge in [-0.3, -0.25) is 5.32 Å². The van der Waals surface area contributed by atoms with Crippen LogP contribution in [-0.2, 0) is 6.54 Å². The number of hydrogen-bond acceptors (Lipinski definition) is 9. The van der Waals surface area contributed by atoms with Gasteiger partial charge in [0, 0.05) is 32.7 Å². The minimum absolute atomic E-state index is 0.353. The number of benzene rings is 2. The Morgan fingerprint density at radius 2 is 1.58 bits per heavy atom. The molecule has 0 aliphatic carbocycles. The number of hydrogen-bond donors (Lipinski definition) is 2. The van der Waals surface area contributed by atoms with Crippen LogP contribution in [0.2, 0.25) is 0 Å². The molecule has 0 atom stereocenters. The van der Waals surface area contributed by atoms with E-state index >= 15 is 0 Å². The van der Waals surface area contributed by atoms with Crippen molar-refractivity contribution in [2.45, 2.75) is 6.54 Å². The van der Waals surface area contributed by atoms with Gasteiger partial charge in [0.1, 0.15) is 5.52 Å². The largest absolute Gasteiger partial charge is 0.423 e. The molecule has 0 saturated carbocycles. The summed E-state index contributed by atoms with van der Waals surface area (Å²) in [6.45, 7) is 4.27. The fourth-order valence-corrected chi connectivity index (χ4v) is 3.45. The molecule has 0 amide bonds. The van der Waals surface area contributed by atoms with Crippen molar-refractivity contribution in [2.75, 3.05) is 48.8 Å². The van der Waals surface area contributed by atoms with Crippen LogP contribution < -0.4 is 15.5 Å². The minimum Gasteiger partial charge on any atom is -0.423 e. The molecular formula is C22H24N8O. The Bertz CT molecular complexity index is 1120. The van der Waals surface area contributed by atoms with E-state index in [9.17, 15) is 0 Å². The number of oxazole rings is 1. The van der Waals surface area contributed by atoms with Crippen molar-refractivity contribution in [3.05, 3.63) is 60.2 Å². The van der Waals surface area contributed by atoms with E-state index < -0.39 is 0 Å². The van der Waals surface area contributed by atoms with E-state index in [4.69, 9.17) is 4.42 Å². The molecule has 4 aromatic rings. The zero-order valence-electron chi connectivity index (χ0n) is 17.3. The molecule has 0 spiro atoms. The zero-order chi connectivity index (χ0) is 21.0. The molecule has 0 bridgehead atoms. The number of anilines is 4. The Labute approximate surface area is 180 Å². The van der Waals surface area contributed by atoms with Crippen molar-refractivity contribution in [2.24, 2.45) is 0 Å². The molecule has 158 valence electrons. The summed E-state index contributed by atoms with van der Waals surface area (Å²) in [6, 6.07) is 18.1. The third kappa shape index (κ3) is 4.56. The molecule has 1 fully saturated rings. The molecule has 5 rings (SSSR count). The van der Waals surface area contributed by atoms with Gasteiger partial charge in [-0.15, -0.1) is 0 Å². The highest BCUT2D eigenvalue weighted by atomic mass is 16.4. The predicted molar refractivity (Wildman–Crippen MR) is 121 cm³/mol. The number of aromatic nitrogens is 4. The molecule has 9 nitrogen and oxygen atoms in total. The second kappa shape index (κ2) is 8.57. The number of piperazine rings is 1. The van der Waals surface area contributed by atoms with E-state index in [0.717, 1.165) is 37.3 Å². The summed E-state index contributed by atoms with van der Waals surface area (Å²) in [7, 11) is 2.12. The summed E-state index contributed by atoms with van der Waals surface area (Å²) < 4.78 is 5.78. The lowest BCUT2D eigenvalue weighted by molar-refractivity contribution is 0.311. The van der Waals surface area contributed by atoms with Gasteiger partial charge < -0.3 is 19.5 Å². The fourth-order valence-electron chi connectivity index (χ4n) is 3.45. The Morgan fingerprint density at radius 3 is 2.39 bits per heavy atom. The number of likely N-dealkylation sites (N-methyl/N-ethyl adjacent to an activating group) is 1. The van der Waals surface area contributed by atoms with Gasteiger partial charge in [-0.25, -0.2) is 0 Å². The first-order chi connectivity index (χ1) is 15.2. The number of para-hydroxylation sites is 2. The quantitative estimate of drug-likeness (QED) is 0.491.